The van der Waals surface area contributed by atoms with E-state index in [0.717, 1.165) is 19.4 Å². The van der Waals surface area contributed by atoms with Crippen molar-refractivity contribution < 1.29 is 8.42 Å². The molecular weight excluding hydrogens is 262 g/mol. The molecule has 0 atom stereocenters. The highest BCUT2D eigenvalue weighted by molar-refractivity contribution is 7.86. The van der Waals surface area contributed by atoms with Crippen LogP contribution in [0.25, 0.3) is 0 Å². The van der Waals surface area contributed by atoms with E-state index in [1.165, 1.54) is 0 Å². The van der Waals surface area contributed by atoms with Crippen molar-refractivity contribution in [3.8, 4) is 0 Å². The van der Waals surface area contributed by atoms with Gasteiger partial charge in [-0.25, -0.2) is 0 Å². The van der Waals surface area contributed by atoms with Gasteiger partial charge in [-0.3, -0.25) is 0 Å². The van der Waals surface area contributed by atoms with E-state index in [1.807, 2.05) is 13.8 Å². The Bertz CT molecular complexity index is 345. The second-order valence-electron chi connectivity index (χ2n) is 5.50. The van der Waals surface area contributed by atoms with Gasteiger partial charge in [0.25, 0.3) is 10.2 Å². The molecule has 0 aromatic rings. The first kappa shape index (κ1) is 16.9. The summed E-state index contributed by atoms with van der Waals surface area (Å²) in [5, 5.41) is 3.44. The molecule has 1 N–H and O–H groups in total. The molecule has 1 saturated heterocycles. The van der Waals surface area contributed by atoms with Gasteiger partial charge in [-0.05, 0) is 25.3 Å². The molecule has 0 aliphatic carbocycles. The van der Waals surface area contributed by atoms with Crippen LogP contribution in [0.3, 0.4) is 0 Å². The molecule has 0 radical (unpaired) electrons. The zero-order valence-electron chi connectivity index (χ0n) is 12.7. The van der Waals surface area contributed by atoms with Gasteiger partial charge in [-0.1, -0.05) is 27.7 Å². The third-order valence-corrected chi connectivity index (χ3v) is 5.93. The Hall–Kier alpha value is -0.170. The van der Waals surface area contributed by atoms with Gasteiger partial charge < -0.3 is 5.32 Å². The van der Waals surface area contributed by atoms with Crippen molar-refractivity contribution >= 4 is 10.2 Å². The van der Waals surface area contributed by atoms with Crippen molar-refractivity contribution in [3.63, 3.8) is 0 Å². The van der Waals surface area contributed by atoms with E-state index in [1.54, 1.807) is 8.61 Å². The molecular formula is C13H29N3O2S. The van der Waals surface area contributed by atoms with Crippen LogP contribution in [-0.4, -0.2) is 55.8 Å². The lowest BCUT2D eigenvalue weighted by molar-refractivity contribution is 0.248. The van der Waals surface area contributed by atoms with E-state index in [-0.39, 0.29) is 0 Å². The first-order chi connectivity index (χ1) is 8.91. The van der Waals surface area contributed by atoms with Crippen molar-refractivity contribution in [2.24, 2.45) is 5.92 Å². The number of hydrogen-bond donors (Lipinski definition) is 1. The number of hydrogen-bond acceptors (Lipinski definition) is 3. The summed E-state index contributed by atoms with van der Waals surface area (Å²) in [6, 6.07) is 0.498. The predicted molar refractivity (Wildman–Crippen MR) is 79.3 cm³/mol. The van der Waals surface area contributed by atoms with Gasteiger partial charge in [0.15, 0.2) is 0 Å². The molecule has 0 saturated carbocycles. The smallest absolute Gasteiger partial charge is 0.281 e. The maximum Gasteiger partial charge on any atom is 0.281 e. The molecule has 1 rings (SSSR count). The molecule has 0 spiro atoms. The van der Waals surface area contributed by atoms with Crippen LogP contribution in [0.5, 0.6) is 0 Å². The topological polar surface area (TPSA) is 52.7 Å². The lowest BCUT2D eigenvalue weighted by Gasteiger charge is -2.34. The van der Waals surface area contributed by atoms with E-state index < -0.39 is 10.2 Å². The molecule has 1 heterocycles. The maximum atomic E-state index is 12.4. The van der Waals surface area contributed by atoms with E-state index in [2.05, 4.69) is 19.2 Å². The molecule has 1 fully saturated rings. The summed E-state index contributed by atoms with van der Waals surface area (Å²) in [4.78, 5) is 0. The highest BCUT2D eigenvalue weighted by Gasteiger charge is 2.31. The van der Waals surface area contributed by atoms with Crippen LogP contribution in [0.4, 0.5) is 0 Å². The fraction of sp³-hybridized carbons (Fsp3) is 1.00. The monoisotopic (exact) mass is 291 g/mol. The fourth-order valence-corrected chi connectivity index (χ4v) is 4.11. The average molecular weight is 291 g/mol. The number of nitrogens with one attached hydrogen (secondary N) is 1. The number of nitrogens with zero attached hydrogens (tertiary/aromatic N) is 2. The second kappa shape index (κ2) is 7.57. The van der Waals surface area contributed by atoms with Crippen LogP contribution < -0.4 is 5.32 Å². The van der Waals surface area contributed by atoms with Gasteiger partial charge in [-0.15, -0.1) is 0 Å². The zero-order valence-corrected chi connectivity index (χ0v) is 13.5. The van der Waals surface area contributed by atoms with Crippen molar-refractivity contribution in [1.82, 2.24) is 13.9 Å². The molecule has 0 amide bonds. The van der Waals surface area contributed by atoms with Crippen LogP contribution in [-0.2, 0) is 10.2 Å². The van der Waals surface area contributed by atoms with Crippen LogP contribution >= 0.6 is 0 Å². The Morgan fingerprint density at radius 3 is 2.16 bits per heavy atom. The first-order valence-electron chi connectivity index (χ1n) is 7.40. The molecule has 1 aliphatic heterocycles. The third kappa shape index (κ3) is 4.70. The molecule has 1 aliphatic rings. The lowest BCUT2D eigenvalue weighted by Crippen LogP contribution is -2.48. The van der Waals surface area contributed by atoms with Gasteiger partial charge in [0.05, 0.1) is 0 Å². The largest absolute Gasteiger partial charge is 0.314 e. The molecule has 5 nitrogen and oxygen atoms in total. The second-order valence-corrected chi connectivity index (χ2v) is 7.43. The van der Waals surface area contributed by atoms with E-state index in [4.69, 9.17) is 0 Å². The van der Waals surface area contributed by atoms with E-state index in [0.29, 0.717) is 38.1 Å². The van der Waals surface area contributed by atoms with E-state index in [9.17, 15) is 8.42 Å². The molecule has 6 heteroatoms. The third-order valence-electron chi connectivity index (χ3n) is 3.75. The molecule has 0 aromatic carbocycles. The van der Waals surface area contributed by atoms with Gasteiger partial charge in [0.1, 0.15) is 0 Å². The minimum Gasteiger partial charge on any atom is -0.314 e. The summed E-state index contributed by atoms with van der Waals surface area (Å²) in [6.07, 6.45) is 1.92. The standard InChI is InChI=1S/C13H29N3O2S/c1-5-15(6-2)19(17,18)16-9-7-13(8-10-16)11-14-12(3)4/h12-14H,5-11H2,1-4H3. The quantitative estimate of drug-likeness (QED) is 0.769. The minimum atomic E-state index is -3.23. The summed E-state index contributed by atoms with van der Waals surface area (Å²) in [5.41, 5.74) is 0. The Labute approximate surface area is 118 Å². The van der Waals surface area contributed by atoms with Crippen molar-refractivity contribution in [3.05, 3.63) is 0 Å². The highest BCUT2D eigenvalue weighted by atomic mass is 32.2. The minimum absolute atomic E-state index is 0.498. The first-order valence-corrected chi connectivity index (χ1v) is 8.80. The summed E-state index contributed by atoms with van der Waals surface area (Å²) < 4.78 is 27.9. The van der Waals surface area contributed by atoms with Crippen LogP contribution in [0, 0.1) is 5.92 Å². The highest BCUT2D eigenvalue weighted by Crippen LogP contribution is 2.20. The van der Waals surface area contributed by atoms with Gasteiger partial charge in [0, 0.05) is 32.2 Å². The molecule has 19 heavy (non-hydrogen) atoms. The Balaban J connectivity index is 2.49. The van der Waals surface area contributed by atoms with Crippen molar-refractivity contribution in [1.29, 1.82) is 0 Å². The maximum absolute atomic E-state index is 12.4. The van der Waals surface area contributed by atoms with E-state index >= 15 is 0 Å². The molecule has 0 unspecified atom stereocenters. The summed E-state index contributed by atoms with van der Waals surface area (Å²) in [7, 11) is -3.23. The molecule has 0 aromatic heterocycles. The molecule has 0 bridgehead atoms. The Kier molecular flexibility index (Phi) is 6.73. The summed E-state index contributed by atoms with van der Waals surface area (Å²) in [5.74, 6) is 0.602. The zero-order chi connectivity index (χ0) is 14.5. The average Bonchev–Trinajstić information content (AvgIpc) is 2.38. The van der Waals surface area contributed by atoms with Crippen LogP contribution in [0.2, 0.25) is 0 Å². The number of rotatable bonds is 7. The Morgan fingerprint density at radius 1 is 1.21 bits per heavy atom. The fourth-order valence-electron chi connectivity index (χ4n) is 2.46. The predicted octanol–water partition coefficient (Wildman–Crippen LogP) is 1.28. The lowest BCUT2D eigenvalue weighted by atomic mass is 9.98. The van der Waals surface area contributed by atoms with Gasteiger partial charge in [-0.2, -0.15) is 17.0 Å². The van der Waals surface area contributed by atoms with Gasteiger partial charge in [0.2, 0.25) is 0 Å². The summed E-state index contributed by atoms with van der Waals surface area (Å²) >= 11 is 0. The van der Waals surface area contributed by atoms with Gasteiger partial charge >= 0.3 is 0 Å². The van der Waals surface area contributed by atoms with Crippen molar-refractivity contribution in [2.75, 3.05) is 32.7 Å². The van der Waals surface area contributed by atoms with Crippen LogP contribution in [0.15, 0.2) is 0 Å². The van der Waals surface area contributed by atoms with Crippen LogP contribution in [0.1, 0.15) is 40.5 Å². The van der Waals surface area contributed by atoms with Crippen molar-refractivity contribution in [2.45, 2.75) is 46.6 Å². The normalized spacial score (nSPS) is 19.5. The number of piperidine rings is 1. The SMILES string of the molecule is CCN(CC)S(=O)(=O)N1CCC(CNC(C)C)CC1. The summed E-state index contributed by atoms with van der Waals surface area (Å²) in [6.45, 7) is 11.5. The Morgan fingerprint density at radius 2 is 1.74 bits per heavy atom. The molecule has 114 valence electrons.